The second-order valence-electron chi connectivity index (χ2n) is 6.39. The number of nitrogens with one attached hydrogen (secondary N) is 1. The van der Waals surface area contributed by atoms with Crippen molar-refractivity contribution in [2.45, 2.75) is 39.2 Å². The molecule has 19 heavy (non-hydrogen) atoms. The zero-order valence-electron chi connectivity index (χ0n) is 12.1. The van der Waals surface area contributed by atoms with E-state index in [4.69, 9.17) is 0 Å². The molecule has 1 aromatic rings. The molecular weight excluding hydrogens is 302 g/mol. The highest BCUT2D eigenvalue weighted by Crippen LogP contribution is 2.28. The van der Waals surface area contributed by atoms with Gasteiger partial charge in [0.15, 0.2) is 0 Å². The first-order valence-electron chi connectivity index (χ1n) is 7.05. The van der Waals surface area contributed by atoms with Crippen LogP contribution in [-0.2, 0) is 0 Å². The molecule has 0 aromatic carbocycles. The van der Waals surface area contributed by atoms with Crippen molar-refractivity contribution < 1.29 is 0 Å². The first kappa shape index (κ1) is 14.8. The number of hydrogen-bond donors (Lipinski definition) is 1. The highest BCUT2D eigenvalue weighted by Gasteiger charge is 2.21. The van der Waals surface area contributed by atoms with Gasteiger partial charge in [-0.1, -0.05) is 0 Å². The van der Waals surface area contributed by atoms with Gasteiger partial charge >= 0.3 is 0 Å². The molecule has 3 nitrogen and oxygen atoms in total. The van der Waals surface area contributed by atoms with Gasteiger partial charge in [-0.3, -0.25) is 4.98 Å². The van der Waals surface area contributed by atoms with Gasteiger partial charge in [0.1, 0.15) is 0 Å². The van der Waals surface area contributed by atoms with E-state index in [1.165, 1.54) is 18.5 Å². The fourth-order valence-electron chi connectivity index (χ4n) is 2.45. The second kappa shape index (κ2) is 6.23. The smallest absolute Gasteiger partial charge is 0.0592 e. The van der Waals surface area contributed by atoms with Crippen molar-refractivity contribution in [3.05, 3.63) is 22.9 Å². The van der Waals surface area contributed by atoms with Gasteiger partial charge < -0.3 is 10.2 Å². The predicted octanol–water partition coefficient (Wildman–Crippen LogP) is 3.45. The molecule has 1 aromatic heterocycles. The van der Waals surface area contributed by atoms with Crippen molar-refractivity contribution >= 4 is 21.6 Å². The molecule has 1 aliphatic rings. The van der Waals surface area contributed by atoms with Crippen molar-refractivity contribution in [3.63, 3.8) is 0 Å². The number of pyridine rings is 1. The van der Waals surface area contributed by atoms with Crippen molar-refractivity contribution in [1.82, 2.24) is 10.3 Å². The van der Waals surface area contributed by atoms with E-state index in [0.29, 0.717) is 0 Å². The summed E-state index contributed by atoms with van der Waals surface area (Å²) in [7, 11) is 0. The Balaban J connectivity index is 1.84. The van der Waals surface area contributed by atoms with E-state index in [0.717, 1.165) is 30.0 Å². The molecule has 0 amide bonds. The molecule has 1 aliphatic heterocycles. The minimum Gasteiger partial charge on any atom is -0.371 e. The van der Waals surface area contributed by atoms with Crippen LogP contribution in [0, 0.1) is 5.92 Å². The lowest BCUT2D eigenvalue weighted by Crippen LogP contribution is -2.43. The third-order valence-corrected chi connectivity index (χ3v) is 4.24. The van der Waals surface area contributed by atoms with Gasteiger partial charge in [-0.2, -0.15) is 0 Å². The van der Waals surface area contributed by atoms with Crippen LogP contribution in [0.25, 0.3) is 0 Å². The Hall–Kier alpha value is -0.610. The van der Waals surface area contributed by atoms with Gasteiger partial charge in [0, 0.05) is 31.0 Å². The Kier molecular flexibility index (Phi) is 4.85. The molecule has 4 heteroatoms. The molecular formula is C15H24BrN3. The van der Waals surface area contributed by atoms with Gasteiger partial charge in [0.05, 0.1) is 10.2 Å². The maximum atomic E-state index is 4.13. The molecule has 0 spiro atoms. The van der Waals surface area contributed by atoms with E-state index >= 15 is 0 Å². The molecule has 0 unspecified atom stereocenters. The highest BCUT2D eigenvalue weighted by atomic mass is 79.9. The van der Waals surface area contributed by atoms with Crippen LogP contribution in [-0.4, -0.2) is 30.2 Å². The lowest BCUT2D eigenvalue weighted by molar-refractivity contribution is 0.329. The summed E-state index contributed by atoms with van der Waals surface area (Å²) in [4.78, 5) is 6.59. The standard InChI is InChI=1S/C15H24BrN3/c1-15(2,3)18-10-12-5-8-19(9-6-12)14-4-7-17-11-13(14)16/h4,7,11-12,18H,5-6,8-10H2,1-3H3. The van der Waals surface area contributed by atoms with E-state index in [-0.39, 0.29) is 5.54 Å². The number of hydrogen-bond acceptors (Lipinski definition) is 3. The fourth-order valence-corrected chi connectivity index (χ4v) is 2.95. The summed E-state index contributed by atoms with van der Waals surface area (Å²) >= 11 is 3.59. The van der Waals surface area contributed by atoms with Crippen LogP contribution in [0.5, 0.6) is 0 Å². The summed E-state index contributed by atoms with van der Waals surface area (Å²) in [5.41, 5.74) is 1.50. The van der Waals surface area contributed by atoms with E-state index in [9.17, 15) is 0 Å². The molecule has 1 fully saturated rings. The summed E-state index contributed by atoms with van der Waals surface area (Å²) in [6.07, 6.45) is 6.27. The van der Waals surface area contributed by atoms with Gasteiger partial charge in [0.25, 0.3) is 0 Å². The van der Waals surface area contributed by atoms with E-state index in [1.54, 1.807) is 0 Å². The maximum Gasteiger partial charge on any atom is 0.0592 e. The van der Waals surface area contributed by atoms with E-state index < -0.39 is 0 Å². The summed E-state index contributed by atoms with van der Waals surface area (Å²) < 4.78 is 1.10. The Morgan fingerprint density at radius 2 is 2.05 bits per heavy atom. The molecule has 1 saturated heterocycles. The quantitative estimate of drug-likeness (QED) is 0.922. The first-order chi connectivity index (χ1) is 8.96. The van der Waals surface area contributed by atoms with Gasteiger partial charge in [-0.15, -0.1) is 0 Å². The second-order valence-corrected chi connectivity index (χ2v) is 7.24. The van der Waals surface area contributed by atoms with Crippen LogP contribution in [0.4, 0.5) is 5.69 Å². The van der Waals surface area contributed by atoms with Crippen molar-refractivity contribution in [2.75, 3.05) is 24.5 Å². The van der Waals surface area contributed by atoms with Crippen molar-refractivity contribution in [3.8, 4) is 0 Å². The molecule has 106 valence electrons. The van der Waals surface area contributed by atoms with Crippen LogP contribution in [0.1, 0.15) is 33.6 Å². The third kappa shape index (κ3) is 4.46. The minimum absolute atomic E-state index is 0.227. The summed E-state index contributed by atoms with van der Waals surface area (Å²) in [5, 5.41) is 3.62. The minimum atomic E-state index is 0.227. The zero-order valence-corrected chi connectivity index (χ0v) is 13.7. The first-order valence-corrected chi connectivity index (χ1v) is 7.84. The monoisotopic (exact) mass is 325 g/mol. The lowest BCUT2D eigenvalue weighted by atomic mass is 9.95. The Morgan fingerprint density at radius 3 is 2.63 bits per heavy atom. The van der Waals surface area contributed by atoms with Crippen LogP contribution in [0.3, 0.4) is 0 Å². The predicted molar refractivity (Wildman–Crippen MR) is 84.6 cm³/mol. The fraction of sp³-hybridized carbons (Fsp3) is 0.667. The summed E-state index contributed by atoms with van der Waals surface area (Å²) in [5.74, 6) is 0.802. The van der Waals surface area contributed by atoms with E-state index in [1.807, 2.05) is 12.4 Å². The van der Waals surface area contributed by atoms with Gasteiger partial charge in [0.2, 0.25) is 0 Å². The Bertz CT molecular complexity index is 406. The number of nitrogens with zero attached hydrogens (tertiary/aromatic N) is 2. The largest absolute Gasteiger partial charge is 0.371 e. The number of rotatable bonds is 3. The van der Waals surface area contributed by atoms with Gasteiger partial charge in [-0.05, 0) is 68.1 Å². The summed E-state index contributed by atoms with van der Waals surface area (Å²) in [6.45, 7) is 10.1. The molecule has 0 saturated carbocycles. The molecule has 2 heterocycles. The average Bonchev–Trinajstić information content (AvgIpc) is 2.37. The molecule has 0 radical (unpaired) electrons. The Morgan fingerprint density at radius 1 is 1.37 bits per heavy atom. The number of halogens is 1. The third-order valence-electron chi connectivity index (χ3n) is 3.63. The summed E-state index contributed by atoms with van der Waals surface area (Å²) in [6, 6.07) is 2.10. The van der Waals surface area contributed by atoms with E-state index in [2.05, 4.69) is 58.0 Å². The average molecular weight is 326 g/mol. The normalized spacial score (nSPS) is 17.8. The van der Waals surface area contributed by atoms with Crippen LogP contribution in [0.2, 0.25) is 0 Å². The van der Waals surface area contributed by atoms with Crippen LogP contribution in [0.15, 0.2) is 22.9 Å². The Labute approximate surface area is 124 Å². The molecule has 2 rings (SSSR count). The molecule has 0 atom stereocenters. The maximum absolute atomic E-state index is 4.13. The van der Waals surface area contributed by atoms with Crippen LogP contribution < -0.4 is 10.2 Å². The SMILES string of the molecule is CC(C)(C)NCC1CCN(c2ccncc2Br)CC1. The molecule has 1 N–H and O–H groups in total. The number of piperidine rings is 1. The van der Waals surface area contributed by atoms with Crippen LogP contribution >= 0.6 is 15.9 Å². The highest BCUT2D eigenvalue weighted by molar-refractivity contribution is 9.10. The number of aromatic nitrogens is 1. The van der Waals surface area contributed by atoms with Gasteiger partial charge in [-0.25, -0.2) is 0 Å². The zero-order chi connectivity index (χ0) is 13.9. The van der Waals surface area contributed by atoms with Crippen molar-refractivity contribution in [1.29, 1.82) is 0 Å². The lowest BCUT2D eigenvalue weighted by Gasteiger charge is -2.35. The number of anilines is 1. The molecule has 0 bridgehead atoms. The van der Waals surface area contributed by atoms with Crippen molar-refractivity contribution in [2.24, 2.45) is 5.92 Å². The topological polar surface area (TPSA) is 28.2 Å². The molecule has 0 aliphatic carbocycles.